The van der Waals surface area contributed by atoms with Gasteiger partial charge in [-0.1, -0.05) is 50.5 Å². The van der Waals surface area contributed by atoms with E-state index in [2.05, 4.69) is 6.92 Å². The van der Waals surface area contributed by atoms with Gasteiger partial charge in [0.05, 0.1) is 23.9 Å². The highest BCUT2D eigenvalue weighted by Gasteiger charge is 2.23. The molecule has 0 spiro atoms. The maximum absolute atomic E-state index is 12.7. The molecule has 0 unspecified atom stereocenters. The molecule has 2 N–H and O–H groups in total. The lowest BCUT2D eigenvalue weighted by Crippen LogP contribution is -2.39. The van der Waals surface area contributed by atoms with Gasteiger partial charge in [0.1, 0.15) is 5.75 Å². The summed E-state index contributed by atoms with van der Waals surface area (Å²) < 4.78 is 32.3. The van der Waals surface area contributed by atoms with Crippen LogP contribution >= 0.6 is 12.2 Å². The molecule has 24 heavy (non-hydrogen) atoms. The maximum atomic E-state index is 12.7. The first-order chi connectivity index (χ1) is 11.4. The minimum absolute atomic E-state index is 0.0791. The van der Waals surface area contributed by atoms with E-state index in [9.17, 15) is 8.42 Å². The van der Waals surface area contributed by atoms with Gasteiger partial charge in [-0.05, 0) is 31.0 Å². The van der Waals surface area contributed by atoms with E-state index >= 15 is 0 Å². The van der Waals surface area contributed by atoms with Crippen LogP contribution < -0.4 is 10.5 Å². The number of unbranched alkanes of at least 4 members (excludes halogenated alkanes) is 3. The summed E-state index contributed by atoms with van der Waals surface area (Å²) in [5.74, 6) is 0.596. The van der Waals surface area contributed by atoms with E-state index < -0.39 is 10.0 Å². The number of nitrogens with zero attached hydrogens (tertiary/aromatic N) is 1. The topological polar surface area (TPSA) is 72.6 Å². The average molecular weight is 373 g/mol. The number of hydrogen-bond acceptors (Lipinski definition) is 4. The van der Waals surface area contributed by atoms with E-state index in [0.717, 1.165) is 25.7 Å². The molecule has 136 valence electrons. The fourth-order valence-corrected chi connectivity index (χ4v) is 4.16. The van der Waals surface area contributed by atoms with Crippen molar-refractivity contribution in [2.24, 2.45) is 5.73 Å². The van der Waals surface area contributed by atoms with Crippen LogP contribution in [0.15, 0.2) is 24.3 Å². The molecule has 1 aromatic rings. The summed E-state index contributed by atoms with van der Waals surface area (Å²) in [5, 5.41) is 0. The standard InChI is InChI=1S/C17H28N2O3S2/c1-3-5-6-7-11-19(13-17(18)23)24(20,21)14-15-9-8-10-16(12-15)22-4-2/h8-10,12H,3-7,11,13-14H2,1-2H3,(H2,18,23). The highest BCUT2D eigenvalue weighted by atomic mass is 32.2. The zero-order valence-corrected chi connectivity index (χ0v) is 16.2. The Kier molecular flexibility index (Phi) is 9.25. The van der Waals surface area contributed by atoms with E-state index in [1.165, 1.54) is 4.31 Å². The number of ether oxygens (including phenoxy) is 1. The Labute approximate surface area is 151 Å². The third kappa shape index (κ3) is 7.59. The zero-order chi connectivity index (χ0) is 18.0. The lowest BCUT2D eigenvalue weighted by atomic mass is 10.2. The molecule has 0 atom stereocenters. The van der Waals surface area contributed by atoms with E-state index in [-0.39, 0.29) is 17.3 Å². The van der Waals surface area contributed by atoms with Gasteiger partial charge in [-0.25, -0.2) is 8.42 Å². The van der Waals surface area contributed by atoms with E-state index in [1.54, 1.807) is 18.2 Å². The number of benzene rings is 1. The molecular formula is C17H28N2O3S2. The molecule has 0 fully saturated rings. The fraction of sp³-hybridized carbons (Fsp3) is 0.588. The van der Waals surface area contributed by atoms with Gasteiger partial charge in [-0.3, -0.25) is 0 Å². The quantitative estimate of drug-likeness (QED) is 0.451. The van der Waals surface area contributed by atoms with Crippen LogP contribution in [0.25, 0.3) is 0 Å². The first-order valence-electron chi connectivity index (χ1n) is 8.37. The molecule has 0 aliphatic rings. The van der Waals surface area contributed by atoms with Crippen molar-refractivity contribution in [3.05, 3.63) is 29.8 Å². The van der Waals surface area contributed by atoms with Gasteiger partial charge in [0, 0.05) is 6.54 Å². The average Bonchev–Trinajstić information content (AvgIpc) is 2.50. The van der Waals surface area contributed by atoms with Crippen LogP contribution in [0.1, 0.15) is 45.1 Å². The molecule has 0 heterocycles. The molecule has 0 amide bonds. The highest BCUT2D eigenvalue weighted by Crippen LogP contribution is 2.18. The van der Waals surface area contributed by atoms with Crippen LogP contribution in [0.3, 0.4) is 0 Å². The van der Waals surface area contributed by atoms with Crippen molar-refractivity contribution in [3.8, 4) is 5.75 Å². The normalized spacial score (nSPS) is 11.6. The monoisotopic (exact) mass is 372 g/mol. The number of nitrogens with two attached hydrogens (primary N) is 1. The summed E-state index contributed by atoms with van der Waals surface area (Å²) in [5.41, 5.74) is 6.28. The fourth-order valence-electron chi connectivity index (χ4n) is 2.40. The largest absolute Gasteiger partial charge is 0.494 e. The van der Waals surface area contributed by atoms with Crippen LogP contribution in [0, 0.1) is 0 Å². The van der Waals surface area contributed by atoms with E-state index in [4.69, 9.17) is 22.7 Å². The molecule has 0 aliphatic carbocycles. The van der Waals surface area contributed by atoms with Crippen molar-refractivity contribution < 1.29 is 13.2 Å². The molecule has 0 saturated carbocycles. The SMILES string of the molecule is CCCCCCN(CC(N)=S)S(=O)(=O)Cc1cccc(OCC)c1. The van der Waals surface area contributed by atoms with Gasteiger partial charge in [0.25, 0.3) is 0 Å². The molecular weight excluding hydrogens is 344 g/mol. The minimum atomic E-state index is -3.48. The number of thiocarbonyl (C=S) groups is 1. The summed E-state index contributed by atoms with van der Waals surface area (Å²) >= 11 is 4.91. The smallest absolute Gasteiger partial charge is 0.218 e. The minimum Gasteiger partial charge on any atom is -0.494 e. The predicted octanol–water partition coefficient (Wildman–Crippen LogP) is 3.08. The van der Waals surface area contributed by atoms with Gasteiger partial charge in [-0.15, -0.1) is 0 Å². The summed E-state index contributed by atoms with van der Waals surface area (Å²) in [7, 11) is -3.48. The maximum Gasteiger partial charge on any atom is 0.218 e. The van der Waals surface area contributed by atoms with E-state index in [0.29, 0.717) is 24.5 Å². The first kappa shape index (κ1) is 20.9. The van der Waals surface area contributed by atoms with Gasteiger partial charge in [0.15, 0.2) is 0 Å². The molecule has 1 rings (SSSR count). The van der Waals surface area contributed by atoms with Crippen molar-refractivity contribution in [2.75, 3.05) is 19.7 Å². The van der Waals surface area contributed by atoms with Crippen LogP contribution in [-0.4, -0.2) is 37.4 Å². The lowest BCUT2D eigenvalue weighted by Gasteiger charge is -2.22. The van der Waals surface area contributed by atoms with Crippen LogP contribution in [0.2, 0.25) is 0 Å². The molecule has 1 aromatic carbocycles. The summed E-state index contributed by atoms with van der Waals surface area (Å²) in [6, 6.07) is 7.17. The number of hydrogen-bond donors (Lipinski definition) is 1. The first-order valence-corrected chi connectivity index (χ1v) is 10.4. The highest BCUT2D eigenvalue weighted by molar-refractivity contribution is 7.88. The molecule has 5 nitrogen and oxygen atoms in total. The second kappa shape index (κ2) is 10.6. The Bertz CT molecular complexity index is 618. The van der Waals surface area contributed by atoms with Crippen molar-refractivity contribution in [1.82, 2.24) is 4.31 Å². The Morgan fingerprint density at radius 2 is 2.00 bits per heavy atom. The summed E-state index contributed by atoms with van der Waals surface area (Å²) in [6.45, 7) is 5.10. The molecule has 0 bridgehead atoms. The molecule has 0 aliphatic heterocycles. The van der Waals surface area contributed by atoms with Gasteiger partial charge < -0.3 is 10.5 Å². The molecule has 0 radical (unpaired) electrons. The lowest BCUT2D eigenvalue weighted by molar-refractivity contribution is 0.340. The third-order valence-electron chi connectivity index (χ3n) is 3.55. The molecule has 0 saturated heterocycles. The van der Waals surface area contributed by atoms with Gasteiger partial charge in [-0.2, -0.15) is 4.31 Å². The Morgan fingerprint density at radius 1 is 1.25 bits per heavy atom. The molecule has 7 heteroatoms. The second-order valence-corrected chi connectivity index (χ2v) is 8.19. The molecule has 0 aromatic heterocycles. The van der Waals surface area contributed by atoms with Crippen molar-refractivity contribution >= 4 is 27.2 Å². The van der Waals surface area contributed by atoms with Crippen molar-refractivity contribution in [2.45, 2.75) is 45.3 Å². The van der Waals surface area contributed by atoms with Gasteiger partial charge in [0.2, 0.25) is 10.0 Å². The van der Waals surface area contributed by atoms with Gasteiger partial charge >= 0.3 is 0 Å². The Morgan fingerprint density at radius 3 is 2.62 bits per heavy atom. The third-order valence-corrected chi connectivity index (χ3v) is 5.47. The van der Waals surface area contributed by atoms with E-state index in [1.807, 2.05) is 13.0 Å². The van der Waals surface area contributed by atoms with Crippen molar-refractivity contribution in [3.63, 3.8) is 0 Å². The summed E-state index contributed by atoms with van der Waals surface area (Å²) in [6.07, 6.45) is 4.01. The predicted molar refractivity (Wildman–Crippen MR) is 103 cm³/mol. The Balaban J connectivity index is 2.82. The number of rotatable bonds is 12. The van der Waals surface area contributed by atoms with Crippen LogP contribution in [0.5, 0.6) is 5.75 Å². The van der Waals surface area contributed by atoms with Crippen LogP contribution in [-0.2, 0) is 15.8 Å². The second-order valence-electron chi connectivity index (χ2n) is 5.70. The zero-order valence-electron chi connectivity index (χ0n) is 14.5. The van der Waals surface area contributed by atoms with Crippen molar-refractivity contribution in [1.29, 1.82) is 0 Å². The number of sulfonamides is 1. The van der Waals surface area contributed by atoms with Crippen LogP contribution in [0.4, 0.5) is 0 Å². The summed E-state index contributed by atoms with van der Waals surface area (Å²) in [4.78, 5) is 0.192. The Hall–Kier alpha value is -1.18.